The smallest absolute Gasteiger partial charge is 0.234 e. The third-order valence-corrected chi connectivity index (χ3v) is 6.71. The summed E-state index contributed by atoms with van der Waals surface area (Å²) in [4.78, 5) is 13.2. The fraction of sp³-hybridized carbons (Fsp3) is 0.222. The van der Waals surface area contributed by atoms with Crippen LogP contribution in [-0.2, 0) is 18.4 Å². The molecular formula is C27H28N4O2S. The Morgan fingerprint density at radius 2 is 1.53 bits per heavy atom. The number of hydrogen-bond acceptors (Lipinski definition) is 5. The summed E-state index contributed by atoms with van der Waals surface area (Å²) in [5.41, 5.74) is 3.14. The number of nitrogens with zero attached hydrogens (tertiary/aromatic N) is 3. The number of aromatic nitrogens is 3. The van der Waals surface area contributed by atoms with Crippen LogP contribution in [0.25, 0.3) is 0 Å². The minimum atomic E-state index is -0.358. The summed E-state index contributed by atoms with van der Waals surface area (Å²) in [7, 11) is 1.89. The van der Waals surface area contributed by atoms with Gasteiger partial charge in [-0.3, -0.25) is 4.79 Å². The third-order valence-electron chi connectivity index (χ3n) is 5.58. The van der Waals surface area contributed by atoms with Crippen LogP contribution in [0.1, 0.15) is 35.5 Å². The van der Waals surface area contributed by atoms with E-state index < -0.39 is 0 Å². The molecule has 1 N–H and O–H groups in total. The summed E-state index contributed by atoms with van der Waals surface area (Å²) >= 11 is 1.38. The highest BCUT2D eigenvalue weighted by molar-refractivity contribution is 8.00. The Morgan fingerprint density at radius 1 is 0.941 bits per heavy atom. The van der Waals surface area contributed by atoms with E-state index in [0.29, 0.717) is 17.6 Å². The molecule has 3 aromatic carbocycles. The van der Waals surface area contributed by atoms with Crippen molar-refractivity contribution in [2.45, 2.75) is 36.9 Å². The van der Waals surface area contributed by atoms with Gasteiger partial charge in [0.2, 0.25) is 5.91 Å². The Labute approximate surface area is 204 Å². The van der Waals surface area contributed by atoms with Gasteiger partial charge in [-0.15, -0.1) is 10.2 Å². The second-order valence-electron chi connectivity index (χ2n) is 8.04. The van der Waals surface area contributed by atoms with Crippen LogP contribution in [-0.4, -0.2) is 25.9 Å². The topological polar surface area (TPSA) is 69.0 Å². The van der Waals surface area contributed by atoms with Gasteiger partial charge in [0, 0.05) is 7.05 Å². The molecule has 0 fully saturated rings. The molecule has 0 aliphatic heterocycles. The van der Waals surface area contributed by atoms with Crippen LogP contribution in [0, 0.1) is 6.92 Å². The van der Waals surface area contributed by atoms with Gasteiger partial charge in [0.15, 0.2) is 11.0 Å². The van der Waals surface area contributed by atoms with Crippen molar-refractivity contribution in [1.82, 2.24) is 20.1 Å². The molecule has 1 aromatic heterocycles. The molecule has 1 heterocycles. The van der Waals surface area contributed by atoms with Crippen LogP contribution >= 0.6 is 11.8 Å². The highest BCUT2D eigenvalue weighted by atomic mass is 32.2. The molecule has 174 valence electrons. The maximum absolute atomic E-state index is 13.2. The standard InChI is InChI=1S/C27H28N4O2S/c1-19-12-10-11-17-23(19)33-18-24-29-30-27(31(24)3)34-20(2)26(32)28-25(21-13-6-4-7-14-21)22-15-8-5-9-16-22/h4-17,20,25H,18H2,1-3H3,(H,28,32). The van der Waals surface area contributed by atoms with E-state index in [9.17, 15) is 4.79 Å². The average molecular weight is 473 g/mol. The molecule has 1 atom stereocenters. The maximum atomic E-state index is 13.2. The van der Waals surface area contributed by atoms with Crippen molar-refractivity contribution in [2.75, 3.05) is 0 Å². The average Bonchev–Trinajstić information content (AvgIpc) is 3.21. The lowest BCUT2D eigenvalue weighted by Gasteiger charge is -2.22. The zero-order valence-electron chi connectivity index (χ0n) is 19.5. The number of ether oxygens (including phenoxy) is 1. The number of amides is 1. The van der Waals surface area contributed by atoms with E-state index in [0.717, 1.165) is 22.4 Å². The molecule has 0 radical (unpaired) electrons. The number of thioether (sulfide) groups is 1. The Balaban J connectivity index is 1.42. The number of benzene rings is 3. The number of nitrogens with one attached hydrogen (secondary N) is 1. The largest absolute Gasteiger partial charge is 0.485 e. The number of hydrogen-bond donors (Lipinski definition) is 1. The van der Waals surface area contributed by atoms with Crippen molar-refractivity contribution < 1.29 is 9.53 Å². The van der Waals surface area contributed by atoms with E-state index in [1.165, 1.54) is 11.8 Å². The van der Waals surface area contributed by atoms with E-state index in [2.05, 4.69) is 15.5 Å². The van der Waals surface area contributed by atoms with Crippen LogP contribution in [0.2, 0.25) is 0 Å². The third kappa shape index (κ3) is 5.66. The molecule has 7 heteroatoms. The zero-order valence-corrected chi connectivity index (χ0v) is 20.3. The molecule has 0 saturated carbocycles. The highest BCUT2D eigenvalue weighted by Gasteiger charge is 2.23. The van der Waals surface area contributed by atoms with Gasteiger partial charge in [-0.1, -0.05) is 90.6 Å². The fourth-order valence-electron chi connectivity index (χ4n) is 3.56. The molecule has 4 rings (SSSR count). The van der Waals surface area contributed by atoms with E-state index in [4.69, 9.17) is 4.74 Å². The van der Waals surface area contributed by atoms with Crippen molar-refractivity contribution in [2.24, 2.45) is 7.05 Å². The van der Waals surface area contributed by atoms with E-state index >= 15 is 0 Å². The van der Waals surface area contributed by atoms with Crippen LogP contribution < -0.4 is 10.1 Å². The summed E-state index contributed by atoms with van der Waals surface area (Å²) in [6.07, 6.45) is 0. The predicted octanol–water partition coefficient (Wildman–Crippen LogP) is 5.09. The first kappa shape index (κ1) is 23.6. The number of aryl methyl sites for hydroxylation is 1. The van der Waals surface area contributed by atoms with Gasteiger partial charge in [0.25, 0.3) is 0 Å². The first-order chi connectivity index (χ1) is 16.5. The Bertz CT molecular complexity index is 1190. The highest BCUT2D eigenvalue weighted by Crippen LogP contribution is 2.26. The molecule has 0 bridgehead atoms. The van der Waals surface area contributed by atoms with Crippen molar-refractivity contribution in [3.05, 3.63) is 107 Å². The lowest BCUT2D eigenvalue weighted by Crippen LogP contribution is -2.35. The minimum absolute atomic E-state index is 0.0663. The summed E-state index contributed by atoms with van der Waals surface area (Å²) in [6.45, 7) is 4.19. The molecule has 0 aliphatic rings. The quantitative estimate of drug-likeness (QED) is 0.344. The fourth-order valence-corrected chi connectivity index (χ4v) is 4.40. The number of rotatable bonds is 9. The monoisotopic (exact) mass is 472 g/mol. The van der Waals surface area contributed by atoms with E-state index in [-0.39, 0.29) is 17.2 Å². The molecule has 0 spiro atoms. The summed E-state index contributed by atoms with van der Waals surface area (Å²) in [6, 6.07) is 27.6. The molecule has 0 saturated heterocycles. The first-order valence-corrected chi connectivity index (χ1v) is 12.0. The van der Waals surface area contributed by atoms with Crippen molar-refractivity contribution in [1.29, 1.82) is 0 Å². The molecular weight excluding hydrogens is 444 g/mol. The van der Waals surface area contributed by atoms with Crippen LogP contribution in [0.3, 0.4) is 0 Å². The van der Waals surface area contributed by atoms with Crippen LogP contribution in [0.15, 0.2) is 90.1 Å². The van der Waals surface area contributed by atoms with E-state index in [1.54, 1.807) is 0 Å². The zero-order chi connectivity index (χ0) is 23.9. The van der Waals surface area contributed by atoms with E-state index in [1.807, 2.05) is 110 Å². The normalized spacial score (nSPS) is 11.9. The molecule has 34 heavy (non-hydrogen) atoms. The molecule has 6 nitrogen and oxygen atoms in total. The molecule has 4 aromatic rings. The molecule has 0 aliphatic carbocycles. The van der Waals surface area contributed by atoms with Gasteiger partial charge in [0.05, 0.1) is 11.3 Å². The summed E-state index contributed by atoms with van der Waals surface area (Å²) < 4.78 is 7.78. The first-order valence-electron chi connectivity index (χ1n) is 11.2. The van der Waals surface area contributed by atoms with Crippen molar-refractivity contribution in [3.63, 3.8) is 0 Å². The minimum Gasteiger partial charge on any atom is -0.485 e. The van der Waals surface area contributed by atoms with Gasteiger partial charge in [-0.25, -0.2) is 0 Å². The van der Waals surface area contributed by atoms with Gasteiger partial charge in [-0.2, -0.15) is 0 Å². The number of para-hydroxylation sites is 1. The lowest BCUT2D eigenvalue weighted by atomic mass is 9.98. The number of carbonyl (C=O) groups is 1. The Morgan fingerprint density at radius 3 is 2.15 bits per heavy atom. The maximum Gasteiger partial charge on any atom is 0.234 e. The summed E-state index contributed by atoms with van der Waals surface area (Å²) in [5.74, 6) is 1.45. The molecule has 1 amide bonds. The van der Waals surface area contributed by atoms with Gasteiger partial charge in [0.1, 0.15) is 12.4 Å². The second kappa shape index (κ2) is 11.0. The van der Waals surface area contributed by atoms with Gasteiger partial charge < -0.3 is 14.6 Å². The predicted molar refractivity (Wildman–Crippen MR) is 135 cm³/mol. The summed E-state index contributed by atoms with van der Waals surface area (Å²) in [5, 5.41) is 12.1. The van der Waals surface area contributed by atoms with Crippen molar-refractivity contribution in [3.8, 4) is 5.75 Å². The number of carbonyl (C=O) groups excluding carboxylic acids is 1. The van der Waals surface area contributed by atoms with Crippen LogP contribution in [0.5, 0.6) is 5.75 Å². The lowest BCUT2D eigenvalue weighted by molar-refractivity contribution is -0.120. The van der Waals surface area contributed by atoms with Gasteiger partial charge in [-0.05, 0) is 36.6 Å². The Kier molecular flexibility index (Phi) is 7.65. The second-order valence-corrected chi connectivity index (χ2v) is 9.34. The molecule has 1 unspecified atom stereocenters. The van der Waals surface area contributed by atoms with Crippen molar-refractivity contribution >= 4 is 17.7 Å². The Hall–Kier alpha value is -3.58. The SMILES string of the molecule is Cc1ccccc1OCc1nnc(SC(C)C(=O)NC(c2ccccc2)c2ccccc2)n1C. The van der Waals surface area contributed by atoms with Gasteiger partial charge >= 0.3 is 0 Å². The van der Waals surface area contributed by atoms with Crippen LogP contribution in [0.4, 0.5) is 0 Å².